The van der Waals surface area contributed by atoms with Gasteiger partial charge in [-0.3, -0.25) is 9.69 Å². The van der Waals surface area contributed by atoms with Gasteiger partial charge in [-0.2, -0.15) is 0 Å². The molecule has 5 rings (SSSR count). The first-order chi connectivity index (χ1) is 14.7. The van der Waals surface area contributed by atoms with Crippen molar-refractivity contribution < 1.29 is 14.3 Å². The maximum atomic E-state index is 13.0. The molecule has 0 amide bonds. The maximum Gasteiger partial charge on any atom is 0.310 e. The van der Waals surface area contributed by atoms with Crippen LogP contribution in [0, 0.1) is 11.8 Å². The molecule has 170 valence electrons. The Morgan fingerprint density at radius 3 is 2.97 bits per heavy atom. The number of hydrogen-bond acceptors (Lipinski definition) is 4. The van der Waals surface area contributed by atoms with E-state index in [1.807, 2.05) is 0 Å². The molecule has 3 aliphatic rings. The molecule has 2 aromatic rings. The zero-order chi connectivity index (χ0) is 20.7. The lowest BCUT2D eigenvalue weighted by molar-refractivity contribution is -0.152. The molecule has 2 saturated heterocycles. The lowest BCUT2D eigenvalue weighted by Gasteiger charge is -2.46. The summed E-state index contributed by atoms with van der Waals surface area (Å²) in [5, 5.41) is 1.42. The number of likely N-dealkylation sites (N-methyl/N-ethyl adjacent to an activating group) is 1. The lowest BCUT2D eigenvalue weighted by Crippen LogP contribution is -2.51. The zero-order valence-corrected chi connectivity index (χ0v) is 19.5. The van der Waals surface area contributed by atoms with Gasteiger partial charge in [-0.25, -0.2) is 0 Å². The molecule has 0 spiro atoms. The number of hydrogen-bond donors (Lipinski definition) is 0. The molecule has 0 bridgehead atoms. The monoisotopic (exact) mass is 446 g/mol. The molecule has 0 N–H and O–H groups in total. The van der Waals surface area contributed by atoms with E-state index in [-0.39, 0.29) is 24.3 Å². The van der Waals surface area contributed by atoms with Gasteiger partial charge in [0.1, 0.15) is 0 Å². The van der Waals surface area contributed by atoms with Crippen molar-refractivity contribution in [3.63, 3.8) is 0 Å². The summed E-state index contributed by atoms with van der Waals surface area (Å²) in [5.41, 5.74) is 4.19. The Balaban J connectivity index is 0.00000231. The van der Waals surface area contributed by atoms with Crippen molar-refractivity contribution >= 4 is 29.3 Å². The molecule has 0 radical (unpaired) electrons. The lowest BCUT2D eigenvalue weighted by atomic mass is 9.72. The number of benzene rings is 1. The van der Waals surface area contributed by atoms with Crippen molar-refractivity contribution in [2.75, 3.05) is 32.9 Å². The quantitative estimate of drug-likeness (QED) is 0.642. The molecule has 6 heteroatoms. The molecule has 1 unspecified atom stereocenters. The molecule has 31 heavy (non-hydrogen) atoms. The van der Waals surface area contributed by atoms with Crippen LogP contribution in [0.1, 0.15) is 49.7 Å². The van der Waals surface area contributed by atoms with Crippen molar-refractivity contribution in [2.24, 2.45) is 18.9 Å². The standard InChI is InChI=1S/C25H34N2O3.ClH/c1-3-27-15-19(25(28)30-11-9-17-6-5-10-29-16-17)12-21-20-7-4-8-22-24(20)18(13-23(21)27)14-26(22)2;/h4,7-8,14,17,19,21,23H,3,5-6,9-13,15-16H2,1-2H3;1H/t17?,19-,21-,23-;/m1./s1. The second-order valence-corrected chi connectivity index (χ2v) is 9.44. The highest BCUT2D eigenvalue weighted by Gasteiger charge is 2.42. The van der Waals surface area contributed by atoms with Gasteiger partial charge in [-0.1, -0.05) is 19.1 Å². The van der Waals surface area contributed by atoms with Crippen molar-refractivity contribution in [1.82, 2.24) is 9.47 Å². The molecule has 2 fully saturated rings. The number of aryl methyl sites for hydroxylation is 1. The molecule has 3 heterocycles. The predicted octanol–water partition coefficient (Wildman–Crippen LogP) is 4.31. The number of fused-ring (bicyclic) bond motifs is 2. The van der Waals surface area contributed by atoms with Gasteiger partial charge in [0.25, 0.3) is 0 Å². The van der Waals surface area contributed by atoms with E-state index < -0.39 is 0 Å². The van der Waals surface area contributed by atoms with E-state index in [0.717, 1.165) is 52.0 Å². The van der Waals surface area contributed by atoms with Crippen LogP contribution < -0.4 is 0 Å². The second-order valence-electron chi connectivity index (χ2n) is 9.44. The zero-order valence-electron chi connectivity index (χ0n) is 18.7. The molecule has 0 saturated carbocycles. The highest BCUT2D eigenvalue weighted by atomic mass is 35.5. The maximum absolute atomic E-state index is 13.0. The third-order valence-corrected chi connectivity index (χ3v) is 7.65. The molecular weight excluding hydrogens is 412 g/mol. The van der Waals surface area contributed by atoms with Gasteiger partial charge in [0.15, 0.2) is 0 Å². The fourth-order valence-electron chi connectivity index (χ4n) is 6.09. The molecule has 1 aromatic heterocycles. The number of carbonyl (C=O) groups excluding carboxylic acids is 1. The minimum Gasteiger partial charge on any atom is -0.465 e. The number of rotatable bonds is 5. The Bertz CT molecular complexity index is 921. The van der Waals surface area contributed by atoms with Gasteiger partial charge in [0, 0.05) is 55.9 Å². The number of piperidine rings is 1. The van der Waals surface area contributed by atoms with E-state index in [9.17, 15) is 4.79 Å². The van der Waals surface area contributed by atoms with E-state index in [4.69, 9.17) is 9.47 Å². The first kappa shape index (κ1) is 22.6. The van der Waals surface area contributed by atoms with Crippen LogP contribution in [-0.2, 0) is 27.7 Å². The Morgan fingerprint density at radius 2 is 2.19 bits per heavy atom. The third-order valence-electron chi connectivity index (χ3n) is 7.65. The van der Waals surface area contributed by atoms with E-state index in [2.05, 4.69) is 47.8 Å². The summed E-state index contributed by atoms with van der Waals surface area (Å²) in [6.07, 6.45) is 7.53. The van der Waals surface area contributed by atoms with E-state index in [1.165, 1.54) is 28.5 Å². The number of halogens is 1. The van der Waals surface area contributed by atoms with Gasteiger partial charge in [-0.15, -0.1) is 12.4 Å². The van der Waals surface area contributed by atoms with E-state index in [1.54, 1.807) is 0 Å². The first-order valence-corrected chi connectivity index (χ1v) is 11.7. The molecule has 1 aromatic carbocycles. The fourth-order valence-corrected chi connectivity index (χ4v) is 6.09. The highest BCUT2D eigenvalue weighted by Crippen LogP contribution is 2.45. The summed E-state index contributed by atoms with van der Waals surface area (Å²) in [5.74, 6) is 0.910. The first-order valence-electron chi connectivity index (χ1n) is 11.7. The Labute approximate surface area is 191 Å². The highest BCUT2D eigenvalue weighted by molar-refractivity contribution is 5.89. The summed E-state index contributed by atoms with van der Waals surface area (Å²) in [7, 11) is 2.14. The van der Waals surface area contributed by atoms with Crippen molar-refractivity contribution in [3.8, 4) is 0 Å². The summed E-state index contributed by atoms with van der Waals surface area (Å²) in [6.45, 7) is 6.24. The number of esters is 1. The van der Waals surface area contributed by atoms with Gasteiger partial charge in [0.2, 0.25) is 0 Å². The van der Waals surface area contributed by atoms with Gasteiger partial charge < -0.3 is 14.0 Å². The van der Waals surface area contributed by atoms with Crippen LogP contribution in [-0.4, -0.2) is 54.4 Å². The van der Waals surface area contributed by atoms with Crippen LogP contribution in [0.4, 0.5) is 0 Å². The average molecular weight is 447 g/mol. The van der Waals surface area contributed by atoms with Gasteiger partial charge in [0.05, 0.1) is 12.5 Å². The smallest absolute Gasteiger partial charge is 0.310 e. The fraction of sp³-hybridized carbons (Fsp3) is 0.640. The third kappa shape index (κ3) is 4.24. The Hall–Kier alpha value is -1.56. The summed E-state index contributed by atoms with van der Waals surface area (Å²) < 4.78 is 13.6. The minimum atomic E-state index is -0.0330. The Kier molecular flexibility index (Phi) is 6.95. The van der Waals surface area contributed by atoms with Crippen LogP contribution in [0.3, 0.4) is 0 Å². The Morgan fingerprint density at radius 1 is 1.32 bits per heavy atom. The molecule has 1 aliphatic carbocycles. The summed E-state index contributed by atoms with van der Waals surface area (Å²) in [6, 6.07) is 7.16. The number of ether oxygens (including phenoxy) is 2. The van der Waals surface area contributed by atoms with Gasteiger partial charge in [-0.05, 0) is 61.8 Å². The van der Waals surface area contributed by atoms with Crippen LogP contribution in [0.2, 0.25) is 0 Å². The summed E-state index contributed by atoms with van der Waals surface area (Å²) in [4.78, 5) is 15.5. The second kappa shape index (κ2) is 9.51. The van der Waals surface area contributed by atoms with Gasteiger partial charge >= 0.3 is 5.97 Å². The number of aromatic nitrogens is 1. The van der Waals surface area contributed by atoms with Crippen molar-refractivity contribution in [1.29, 1.82) is 0 Å². The average Bonchev–Trinajstić information content (AvgIpc) is 3.10. The topological polar surface area (TPSA) is 43.7 Å². The van der Waals surface area contributed by atoms with Crippen molar-refractivity contribution in [2.45, 2.75) is 51.0 Å². The van der Waals surface area contributed by atoms with E-state index in [0.29, 0.717) is 24.5 Å². The minimum absolute atomic E-state index is 0. The van der Waals surface area contributed by atoms with Crippen molar-refractivity contribution in [3.05, 3.63) is 35.5 Å². The van der Waals surface area contributed by atoms with Crippen LogP contribution >= 0.6 is 12.4 Å². The summed E-state index contributed by atoms with van der Waals surface area (Å²) >= 11 is 0. The molecule has 4 atom stereocenters. The largest absolute Gasteiger partial charge is 0.465 e. The SMILES string of the molecule is CCN1C[C@H](C(=O)OCCC2CCCOC2)C[C@@H]2c3cccc4c3c(cn4C)C[C@H]21.Cl. The van der Waals surface area contributed by atoms with Crippen LogP contribution in [0.5, 0.6) is 0 Å². The molecular formula is C25H35ClN2O3. The number of carbonyl (C=O) groups is 1. The predicted molar refractivity (Wildman–Crippen MR) is 125 cm³/mol. The van der Waals surface area contributed by atoms with Crippen LogP contribution in [0.25, 0.3) is 10.9 Å². The van der Waals surface area contributed by atoms with E-state index >= 15 is 0 Å². The number of likely N-dealkylation sites (tertiary alicyclic amines) is 1. The normalized spacial score (nSPS) is 28.1. The molecule has 5 nitrogen and oxygen atoms in total. The molecule has 2 aliphatic heterocycles. The van der Waals surface area contributed by atoms with Crippen LogP contribution in [0.15, 0.2) is 24.4 Å². The number of nitrogens with zero attached hydrogens (tertiary/aromatic N) is 2.